The molecule has 0 fully saturated rings. The van der Waals surface area contributed by atoms with Crippen molar-refractivity contribution in [3.8, 4) is 0 Å². The van der Waals surface area contributed by atoms with E-state index < -0.39 is 11.8 Å². The third kappa shape index (κ3) is 6.67. The van der Waals surface area contributed by atoms with E-state index in [9.17, 15) is 14.4 Å². The van der Waals surface area contributed by atoms with E-state index in [1.165, 1.54) is 0 Å². The maximum Gasteiger partial charge on any atom is 0.259 e. The van der Waals surface area contributed by atoms with Crippen molar-refractivity contribution in [2.24, 2.45) is 0 Å². The molecule has 7 heteroatoms. The highest BCUT2D eigenvalue weighted by Gasteiger charge is 2.15. The second kappa shape index (κ2) is 10.0. The molecule has 0 saturated heterocycles. The molecule has 0 aromatic heterocycles. The smallest absolute Gasteiger partial charge is 0.259 e. The molecule has 0 heterocycles. The van der Waals surface area contributed by atoms with Gasteiger partial charge in [-0.25, -0.2) is 0 Å². The van der Waals surface area contributed by atoms with Crippen LogP contribution in [0.5, 0.6) is 0 Å². The van der Waals surface area contributed by atoms with Crippen molar-refractivity contribution in [3.05, 3.63) is 29.8 Å². The van der Waals surface area contributed by atoms with Gasteiger partial charge in [0.1, 0.15) is 0 Å². The lowest BCUT2D eigenvalue weighted by molar-refractivity contribution is -0.117. The van der Waals surface area contributed by atoms with Crippen LogP contribution in [0.3, 0.4) is 0 Å². The normalized spacial score (nSPS) is 10.2. The number of amides is 2. The van der Waals surface area contributed by atoms with E-state index >= 15 is 0 Å². The van der Waals surface area contributed by atoms with E-state index in [0.717, 1.165) is 29.9 Å². The SMILES string of the molecule is O=C(CS)NC(=O)c1ccccc1SC(=O)CCCCBr. The fraction of sp³-hybridized carbons (Fsp3) is 0.357. The van der Waals surface area contributed by atoms with Crippen molar-refractivity contribution >= 4 is 57.3 Å². The second-order valence-corrected chi connectivity index (χ2v) is 6.36. The highest BCUT2D eigenvalue weighted by molar-refractivity contribution is 9.09. The minimum atomic E-state index is -0.509. The van der Waals surface area contributed by atoms with E-state index in [1.54, 1.807) is 24.3 Å². The van der Waals surface area contributed by atoms with Crippen LogP contribution in [-0.2, 0) is 9.59 Å². The highest BCUT2D eigenvalue weighted by atomic mass is 79.9. The molecular weight excluding hydrogens is 374 g/mol. The van der Waals surface area contributed by atoms with Gasteiger partial charge in [0.15, 0.2) is 5.12 Å². The summed E-state index contributed by atoms with van der Waals surface area (Å²) in [6.45, 7) is 0. The van der Waals surface area contributed by atoms with Crippen LogP contribution in [0, 0.1) is 0 Å². The summed E-state index contributed by atoms with van der Waals surface area (Å²) in [5.41, 5.74) is 0.325. The number of benzene rings is 1. The monoisotopic (exact) mass is 389 g/mol. The largest absolute Gasteiger partial charge is 0.292 e. The quantitative estimate of drug-likeness (QED) is 0.325. The zero-order valence-corrected chi connectivity index (χ0v) is 14.6. The van der Waals surface area contributed by atoms with E-state index in [1.807, 2.05) is 0 Å². The van der Waals surface area contributed by atoms with Crippen LogP contribution in [0.1, 0.15) is 29.6 Å². The number of halogens is 1. The van der Waals surface area contributed by atoms with Crippen molar-refractivity contribution in [3.63, 3.8) is 0 Å². The summed E-state index contributed by atoms with van der Waals surface area (Å²) in [6.07, 6.45) is 2.20. The van der Waals surface area contributed by atoms with Crippen LogP contribution in [0.2, 0.25) is 0 Å². The lowest BCUT2D eigenvalue weighted by Gasteiger charge is -2.08. The third-order valence-corrected chi connectivity index (χ3v) is 4.37. The Bertz CT molecular complexity index is 523. The Balaban J connectivity index is 2.72. The molecule has 0 saturated carbocycles. The maximum atomic E-state index is 12.0. The standard InChI is InChI=1S/C14H16BrNO3S2/c15-8-4-3-7-13(18)21-11-6-2-1-5-10(11)14(19)16-12(17)9-20/h1-2,5-6,20H,3-4,7-9H2,(H,16,17,19). The Kier molecular flexibility index (Phi) is 8.72. The Morgan fingerprint density at radius 1 is 1.19 bits per heavy atom. The number of thiol groups is 1. The molecule has 0 spiro atoms. The predicted octanol–water partition coefficient (Wildman–Crippen LogP) is 3.06. The van der Waals surface area contributed by atoms with Crippen molar-refractivity contribution in [1.82, 2.24) is 5.32 Å². The zero-order chi connectivity index (χ0) is 15.7. The summed E-state index contributed by atoms with van der Waals surface area (Å²) < 4.78 is 0. The van der Waals surface area contributed by atoms with Gasteiger partial charge in [-0.05, 0) is 25.0 Å². The van der Waals surface area contributed by atoms with E-state index in [4.69, 9.17) is 0 Å². The number of carbonyl (C=O) groups is 3. The fourth-order valence-corrected chi connectivity index (χ4v) is 2.90. The van der Waals surface area contributed by atoms with Gasteiger partial charge in [0, 0.05) is 16.6 Å². The first-order valence-corrected chi connectivity index (χ1v) is 8.96. The second-order valence-electron chi connectivity index (χ2n) is 4.15. The Morgan fingerprint density at radius 2 is 1.90 bits per heavy atom. The molecule has 0 aliphatic heterocycles. The third-order valence-electron chi connectivity index (χ3n) is 2.52. The van der Waals surface area contributed by atoms with E-state index in [2.05, 4.69) is 33.9 Å². The number of thioether (sulfide) groups is 1. The van der Waals surface area contributed by atoms with Crippen molar-refractivity contribution in [2.45, 2.75) is 24.2 Å². The van der Waals surface area contributed by atoms with Crippen LogP contribution < -0.4 is 5.32 Å². The van der Waals surface area contributed by atoms with Gasteiger partial charge in [-0.15, -0.1) is 0 Å². The van der Waals surface area contributed by atoms with Gasteiger partial charge in [-0.1, -0.05) is 39.8 Å². The number of carbonyl (C=O) groups excluding carboxylic acids is 3. The van der Waals surface area contributed by atoms with Gasteiger partial charge in [-0.3, -0.25) is 19.7 Å². The van der Waals surface area contributed by atoms with Crippen molar-refractivity contribution < 1.29 is 14.4 Å². The van der Waals surface area contributed by atoms with Gasteiger partial charge in [0.05, 0.1) is 11.3 Å². The maximum absolute atomic E-state index is 12.0. The zero-order valence-electron chi connectivity index (χ0n) is 11.3. The average molecular weight is 390 g/mol. The molecule has 1 N–H and O–H groups in total. The summed E-state index contributed by atoms with van der Waals surface area (Å²) in [4.78, 5) is 35.6. The molecule has 0 aliphatic rings. The minimum absolute atomic E-state index is 0.0109. The number of hydrogen-bond donors (Lipinski definition) is 2. The molecule has 0 unspecified atom stereocenters. The minimum Gasteiger partial charge on any atom is -0.292 e. The molecule has 0 bridgehead atoms. The van der Waals surface area contributed by atoms with Crippen molar-refractivity contribution in [1.29, 1.82) is 0 Å². The number of rotatable bonds is 7. The molecule has 114 valence electrons. The predicted molar refractivity (Wildman–Crippen MR) is 91.3 cm³/mol. The first-order chi connectivity index (χ1) is 10.1. The molecule has 0 atom stereocenters. The van der Waals surface area contributed by atoms with Gasteiger partial charge < -0.3 is 0 Å². The lowest BCUT2D eigenvalue weighted by atomic mass is 10.2. The molecular formula is C14H16BrNO3S2. The summed E-state index contributed by atoms with van der Waals surface area (Å²) >= 11 is 8.16. The molecule has 1 aromatic carbocycles. The van der Waals surface area contributed by atoms with Gasteiger partial charge in [0.2, 0.25) is 5.91 Å². The lowest BCUT2D eigenvalue weighted by Crippen LogP contribution is -2.31. The molecule has 1 rings (SSSR count). The molecule has 0 radical (unpaired) electrons. The van der Waals surface area contributed by atoms with Crippen molar-refractivity contribution in [2.75, 3.05) is 11.1 Å². The number of imide groups is 1. The summed E-state index contributed by atoms with van der Waals surface area (Å²) in [7, 11) is 0. The van der Waals surface area contributed by atoms with Crippen LogP contribution in [0.25, 0.3) is 0 Å². The first-order valence-electron chi connectivity index (χ1n) is 6.39. The molecule has 2 amide bonds. The van der Waals surface area contributed by atoms with E-state index in [0.29, 0.717) is 16.9 Å². The van der Waals surface area contributed by atoms with Crippen LogP contribution in [0.4, 0.5) is 0 Å². The first kappa shape index (κ1) is 18.3. The van der Waals surface area contributed by atoms with Gasteiger partial charge in [-0.2, -0.15) is 12.6 Å². The number of alkyl halides is 1. The summed E-state index contributed by atoms with van der Waals surface area (Å²) in [5, 5.41) is 3.11. The molecule has 1 aromatic rings. The van der Waals surface area contributed by atoms with Gasteiger partial charge in [0.25, 0.3) is 5.91 Å². The van der Waals surface area contributed by atoms with E-state index in [-0.39, 0.29) is 10.9 Å². The Labute approximate surface area is 142 Å². The Morgan fingerprint density at radius 3 is 2.57 bits per heavy atom. The Hall–Kier alpha value is -0.790. The van der Waals surface area contributed by atoms with Crippen LogP contribution >= 0.6 is 40.3 Å². The number of hydrogen-bond acceptors (Lipinski definition) is 5. The fourth-order valence-electron chi connectivity index (χ4n) is 1.51. The summed E-state index contributed by atoms with van der Waals surface area (Å²) in [5.74, 6) is -1.04. The van der Waals surface area contributed by atoms with Crippen LogP contribution in [-0.4, -0.2) is 28.0 Å². The van der Waals surface area contributed by atoms with Gasteiger partial charge >= 0.3 is 0 Å². The highest BCUT2D eigenvalue weighted by Crippen LogP contribution is 2.25. The molecule has 21 heavy (non-hydrogen) atoms. The average Bonchev–Trinajstić information content (AvgIpc) is 2.47. The molecule has 4 nitrogen and oxygen atoms in total. The number of nitrogens with one attached hydrogen (secondary N) is 1. The molecule has 0 aliphatic carbocycles. The summed E-state index contributed by atoms with van der Waals surface area (Å²) in [6, 6.07) is 6.74. The number of unbranched alkanes of at least 4 members (excludes halogenated alkanes) is 1. The topological polar surface area (TPSA) is 63.2 Å². The van der Waals surface area contributed by atoms with Crippen LogP contribution in [0.15, 0.2) is 29.2 Å².